The van der Waals surface area contributed by atoms with Crippen LogP contribution < -0.4 is 5.32 Å². The Kier molecular flexibility index (Phi) is 5.65. The molecule has 4 nitrogen and oxygen atoms in total. The predicted molar refractivity (Wildman–Crippen MR) is 62.0 cm³/mol. The van der Waals surface area contributed by atoms with E-state index < -0.39 is 0 Å². The van der Waals surface area contributed by atoms with Crippen LogP contribution in [0.25, 0.3) is 0 Å². The van der Waals surface area contributed by atoms with Crippen molar-refractivity contribution in [1.29, 1.82) is 0 Å². The van der Waals surface area contributed by atoms with Crippen LogP contribution in [0.4, 0.5) is 0 Å². The molecule has 0 saturated carbocycles. The molecule has 1 atom stereocenters. The number of rotatable bonds is 7. The maximum atomic E-state index is 5.66. The summed E-state index contributed by atoms with van der Waals surface area (Å²) in [5.74, 6) is 1.69. The topological polar surface area (TPSA) is 42.7 Å². The molecule has 1 aromatic heterocycles. The monoisotopic (exact) mass is 230 g/mol. The van der Waals surface area contributed by atoms with E-state index in [1.165, 1.54) is 0 Å². The predicted octanol–water partition coefficient (Wildman–Crippen LogP) is 1.80. The summed E-state index contributed by atoms with van der Waals surface area (Å²) in [5.41, 5.74) is 0. The van der Waals surface area contributed by atoms with Gasteiger partial charge in [0.15, 0.2) is 0 Å². The second-order valence-electron chi connectivity index (χ2n) is 3.66. The standard InChI is InChI=1S/C10H19ClN4/c1-3-6-15-10(13-8-14-15)7-12-9(2)4-5-11/h8-9,12H,3-7H2,1-2H3. The highest BCUT2D eigenvalue weighted by molar-refractivity contribution is 6.17. The third-order valence-corrected chi connectivity index (χ3v) is 2.50. The summed E-state index contributed by atoms with van der Waals surface area (Å²) in [5, 5.41) is 7.55. The van der Waals surface area contributed by atoms with Crippen molar-refractivity contribution in [2.45, 2.75) is 45.8 Å². The van der Waals surface area contributed by atoms with Gasteiger partial charge >= 0.3 is 0 Å². The number of hydrogen-bond donors (Lipinski definition) is 1. The average molecular weight is 231 g/mol. The lowest BCUT2D eigenvalue weighted by molar-refractivity contribution is 0.492. The van der Waals surface area contributed by atoms with E-state index in [9.17, 15) is 0 Å². The van der Waals surface area contributed by atoms with Gasteiger partial charge in [-0.1, -0.05) is 6.92 Å². The van der Waals surface area contributed by atoms with E-state index in [-0.39, 0.29) is 0 Å². The lowest BCUT2D eigenvalue weighted by atomic mass is 10.2. The second kappa shape index (κ2) is 6.80. The molecular weight excluding hydrogens is 212 g/mol. The summed E-state index contributed by atoms with van der Waals surface area (Å²) in [7, 11) is 0. The van der Waals surface area contributed by atoms with Gasteiger partial charge in [-0.25, -0.2) is 9.67 Å². The summed E-state index contributed by atoms with van der Waals surface area (Å²) in [6.07, 6.45) is 3.66. The molecule has 1 aromatic rings. The van der Waals surface area contributed by atoms with Gasteiger partial charge < -0.3 is 5.32 Å². The molecule has 0 aliphatic rings. The molecule has 1 N–H and O–H groups in total. The largest absolute Gasteiger partial charge is 0.307 e. The minimum atomic E-state index is 0.425. The molecule has 0 aromatic carbocycles. The Labute approximate surface area is 96.0 Å². The van der Waals surface area contributed by atoms with Gasteiger partial charge in [0, 0.05) is 18.5 Å². The Hall–Kier alpha value is -0.610. The Morgan fingerprint density at radius 3 is 3.07 bits per heavy atom. The van der Waals surface area contributed by atoms with Crippen molar-refractivity contribution >= 4 is 11.6 Å². The molecule has 0 aliphatic carbocycles. The molecule has 0 spiro atoms. The van der Waals surface area contributed by atoms with Crippen LogP contribution >= 0.6 is 11.6 Å². The fraction of sp³-hybridized carbons (Fsp3) is 0.800. The molecule has 0 radical (unpaired) electrons. The molecule has 86 valence electrons. The third kappa shape index (κ3) is 4.18. The Morgan fingerprint density at radius 1 is 1.60 bits per heavy atom. The fourth-order valence-electron chi connectivity index (χ4n) is 1.35. The number of aryl methyl sites for hydroxylation is 1. The molecular formula is C10H19ClN4. The van der Waals surface area contributed by atoms with Gasteiger partial charge in [-0.05, 0) is 19.8 Å². The quantitative estimate of drug-likeness (QED) is 0.727. The lowest BCUT2D eigenvalue weighted by Crippen LogP contribution is -2.27. The molecule has 0 amide bonds. The zero-order valence-corrected chi connectivity index (χ0v) is 10.2. The fourth-order valence-corrected chi connectivity index (χ4v) is 1.68. The van der Waals surface area contributed by atoms with Gasteiger partial charge in [0.25, 0.3) is 0 Å². The summed E-state index contributed by atoms with van der Waals surface area (Å²) < 4.78 is 1.94. The molecule has 15 heavy (non-hydrogen) atoms. The number of nitrogens with one attached hydrogen (secondary N) is 1. The maximum Gasteiger partial charge on any atom is 0.140 e. The minimum Gasteiger partial charge on any atom is -0.307 e. The summed E-state index contributed by atoms with van der Waals surface area (Å²) in [6.45, 7) is 5.96. The Bertz CT molecular complexity index is 274. The first-order chi connectivity index (χ1) is 7.27. The number of hydrogen-bond acceptors (Lipinski definition) is 3. The number of nitrogens with zero attached hydrogens (tertiary/aromatic N) is 3. The van der Waals surface area contributed by atoms with Crippen molar-refractivity contribution < 1.29 is 0 Å². The van der Waals surface area contributed by atoms with Crippen LogP contribution in [0.15, 0.2) is 6.33 Å². The van der Waals surface area contributed by atoms with Gasteiger partial charge in [0.05, 0.1) is 6.54 Å². The van der Waals surface area contributed by atoms with Crippen molar-refractivity contribution in [3.05, 3.63) is 12.2 Å². The van der Waals surface area contributed by atoms with Crippen molar-refractivity contribution in [1.82, 2.24) is 20.1 Å². The van der Waals surface area contributed by atoms with Crippen molar-refractivity contribution in [2.75, 3.05) is 5.88 Å². The maximum absolute atomic E-state index is 5.66. The molecule has 0 aliphatic heterocycles. The number of alkyl halides is 1. The van der Waals surface area contributed by atoms with Crippen LogP contribution in [0.2, 0.25) is 0 Å². The third-order valence-electron chi connectivity index (χ3n) is 2.28. The zero-order chi connectivity index (χ0) is 11.1. The van der Waals surface area contributed by atoms with Crippen LogP contribution in [0, 0.1) is 0 Å². The molecule has 5 heteroatoms. The van der Waals surface area contributed by atoms with Crippen LogP contribution in [0.3, 0.4) is 0 Å². The number of aromatic nitrogens is 3. The van der Waals surface area contributed by atoms with E-state index in [1.54, 1.807) is 6.33 Å². The normalized spacial score (nSPS) is 13.0. The highest BCUT2D eigenvalue weighted by Gasteiger charge is 2.05. The van der Waals surface area contributed by atoms with Crippen molar-refractivity contribution in [3.63, 3.8) is 0 Å². The molecule has 1 rings (SSSR count). The minimum absolute atomic E-state index is 0.425. The molecule has 0 bridgehead atoms. The van der Waals surface area contributed by atoms with Crippen LogP contribution in [0.5, 0.6) is 0 Å². The average Bonchev–Trinajstić information content (AvgIpc) is 2.64. The van der Waals surface area contributed by atoms with Crippen molar-refractivity contribution in [2.24, 2.45) is 0 Å². The molecule has 1 heterocycles. The SMILES string of the molecule is CCCn1ncnc1CNC(C)CCCl. The van der Waals surface area contributed by atoms with Gasteiger partial charge in [0.1, 0.15) is 12.2 Å². The van der Waals surface area contributed by atoms with Crippen LogP contribution in [-0.2, 0) is 13.1 Å². The van der Waals surface area contributed by atoms with Crippen LogP contribution in [-0.4, -0.2) is 26.7 Å². The van der Waals surface area contributed by atoms with E-state index in [1.807, 2.05) is 4.68 Å². The van der Waals surface area contributed by atoms with Gasteiger partial charge in [-0.15, -0.1) is 11.6 Å². The second-order valence-corrected chi connectivity index (χ2v) is 4.04. The molecule has 1 unspecified atom stereocenters. The lowest BCUT2D eigenvalue weighted by Gasteiger charge is -2.12. The smallest absolute Gasteiger partial charge is 0.140 e. The van der Waals surface area contributed by atoms with Gasteiger partial charge in [0.2, 0.25) is 0 Å². The summed E-state index contributed by atoms with van der Waals surface area (Å²) in [4.78, 5) is 4.22. The van der Waals surface area contributed by atoms with Gasteiger partial charge in [-0.3, -0.25) is 0 Å². The highest BCUT2D eigenvalue weighted by atomic mass is 35.5. The number of halogens is 1. The summed E-state index contributed by atoms with van der Waals surface area (Å²) >= 11 is 5.66. The van der Waals surface area contributed by atoms with E-state index in [2.05, 4.69) is 29.2 Å². The first-order valence-corrected chi connectivity index (χ1v) is 5.97. The van der Waals surface area contributed by atoms with E-state index in [0.29, 0.717) is 11.9 Å². The zero-order valence-electron chi connectivity index (χ0n) is 9.41. The van der Waals surface area contributed by atoms with E-state index in [0.717, 1.165) is 31.8 Å². The van der Waals surface area contributed by atoms with Gasteiger partial charge in [-0.2, -0.15) is 5.10 Å². The Morgan fingerprint density at radius 2 is 2.40 bits per heavy atom. The first kappa shape index (κ1) is 12.5. The van der Waals surface area contributed by atoms with E-state index >= 15 is 0 Å². The van der Waals surface area contributed by atoms with Crippen molar-refractivity contribution in [3.8, 4) is 0 Å². The highest BCUT2D eigenvalue weighted by Crippen LogP contribution is 1.98. The molecule has 0 saturated heterocycles. The summed E-state index contributed by atoms with van der Waals surface area (Å²) in [6, 6.07) is 0.425. The first-order valence-electron chi connectivity index (χ1n) is 5.44. The van der Waals surface area contributed by atoms with E-state index in [4.69, 9.17) is 11.6 Å². The molecule has 0 fully saturated rings. The Balaban J connectivity index is 2.39. The van der Waals surface area contributed by atoms with Crippen LogP contribution in [0.1, 0.15) is 32.5 Å².